The van der Waals surface area contributed by atoms with Crippen LogP contribution in [0.25, 0.3) is 0 Å². The summed E-state index contributed by atoms with van der Waals surface area (Å²) in [5.41, 5.74) is 0.153. The molecule has 1 unspecified atom stereocenters. The first kappa shape index (κ1) is 32.7. The van der Waals surface area contributed by atoms with E-state index in [0.29, 0.717) is 42.5 Å². The van der Waals surface area contributed by atoms with E-state index in [1.54, 1.807) is 32.3 Å². The summed E-state index contributed by atoms with van der Waals surface area (Å²) >= 11 is 6.70. The second-order valence-electron chi connectivity index (χ2n) is 11.8. The molecule has 0 bridgehead atoms. The number of benzene rings is 1. The second kappa shape index (κ2) is 12.6. The number of hydrogen-bond acceptors (Lipinski definition) is 6. The Morgan fingerprint density at radius 2 is 1.96 bits per heavy atom. The van der Waals surface area contributed by atoms with Gasteiger partial charge in [-0.25, -0.2) is 9.37 Å². The van der Waals surface area contributed by atoms with Gasteiger partial charge in [0.25, 0.3) is 0 Å². The van der Waals surface area contributed by atoms with Gasteiger partial charge in [0.1, 0.15) is 18.0 Å². The average molecular weight is 651 g/mol. The summed E-state index contributed by atoms with van der Waals surface area (Å²) in [5, 5.41) is 0.379. The molecule has 4 atom stereocenters. The molecule has 45 heavy (non-hydrogen) atoms. The van der Waals surface area contributed by atoms with Crippen molar-refractivity contribution in [3.8, 4) is 0 Å². The number of rotatable bonds is 6. The van der Waals surface area contributed by atoms with Gasteiger partial charge in [0.05, 0.1) is 28.5 Å². The lowest BCUT2D eigenvalue weighted by molar-refractivity contribution is -0.137. The molecule has 0 saturated carbocycles. The van der Waals surface area contributed by atoms with Crippen LogP contribution in [0.4, 0.5) is 34.8 Å². The van der Waals surface area contributed by atoms with E-state index in [0.717, 1.165) is 17.0 Å². The smallest absolute Gasteiger partial charge is 0.367 e. The van der Waals surface area contributed by atoms with Crippen LogP contribution in [0.15, 0.2) is 43.0 Å². The number of hydrogen-bond donors (Lipinski definition) is 0. The molecule has 1 aromatic carbocycles. The van der Waals surface area contributed by atoms with E-state index < -0.39 is 47.7 Å². The van der Waals surface area contributed by atoms with Gasteiger partial charge >= 0.3 is 6.18 Å². The van der Waals surface area contributed by atoms with E-state index in [-0.39, 0.29) is 36.9 Å². The summed E-state index contributed by atoms with van der Waals surface area (Å²) in [4.78, 5) is 51.4. The number of amides is 3. The number of pyridine rings is 1. The third kappa shape index (κ3) is 6.37. The highest BCUT2D eigenvalue weighted by Crippen LogP contribution is 2.43. The molecule has 3 aliphatic rings. The normalized spacial score (nSPS) is 24.0. The molecule has 0 spiro atoms. The molecule has 0 aliphatic carbocycles. The molecule has 0 radical (unpaired) electrons. The van der Waals surface area contributed by atoms with E-state index >= 15 is 4.39 Å². The number of aromatic nitrogens is 1. The Balaban J connectivity index is 1.44. The molecule has 0 N–H and O–H groups in total. The number of para-hydroxylation sites is 1. The Labute approximate surface area is 264 Å². The summed E-state index contributed by atoms with van der Waals surface area (Å²) in [5.74, 6) is -2.11. The number of alkyl halides is 4. The molecular formula is C31H35ClF4N6O3. The topological polar surface area (TPSA) is 80.3 Å². The summed E-state index contributed by atoms with van der Waals surface area (Å²) in [6, 6.07) is 5.26. The third-order valence-corrected chi connectivity index (χ3v) is 9.21. The number of carbonyl (C=O) groups excluding carboxylic acids is 3. The van der Waals surface area contributed by atoms with Gasteiger partial charge in [-0.2, -0.15) is 13.2 Å². The molecule has 242 valence electrons. The van der Waals surface area contributed by atoms with Gasteiger partial charge in [-0.3, -0.25) is 24.2 Å². The van der Waals surface area contributed by atoms with Crippen LogP contribution < -0.4 is 14.7 Å². The van der Waals surface area contributed by atoms with Gasteiger partial charge in [0.15, 0.2) is 0 Å². The maximum absolute atomic E-state index is 15.2. The SMILES string of the molecule is C=CC(=O)N1CC[C@H](N(C)CCN2C[C@H]3CC(=O)N(c4cc(C(F)(F)F)cc(C)n4)C3C(=O)N(C)c3cccc(Cl)c32)[C@H](F)C1. The molecule has 9 nitrogen and oxygen atoms in total. The minimum atomic E-state index is -4.67. The standard InChI is InChI=1S/C31H35ClF4N6O3/c1-5-26(43)40-10-9-23(22(33)17-40)38(3)11-12-41-16-19-14-27(44)42(25-15-20(31(34,35)36)13-18(2)37-25)28(19)30(45)39(4)24-8-6-7-21(32)29(24)41/h5-8,13,15,19,22-23,28H,1,9-12,14,16-17H2,2-4H3/t19-,22-,23+,28?/m1/s1. The van der Waals surface area contributed by atoms with Crippen molar-refractivity contribution in [2.45, 2.75) is 44.2 Å². The van der Waals surface area contributed by atoms with Crippen LogP contribution in [0.5, 0.6) is 0 Å². The molecule has 2 saturated heterocycles. The summed E-state index contributed by atoms with van der Waals surface area (Å²) in [7, 11) is 3.35. The average Bonchev–Trinajstić information content (AvgIpc) is 3.31. The van der Waals surface area contributed by atoms with Crippen LogP contribution >= 0.6 is 11.6 Å². The minimum Gasteiger partial charge on any atom is -0.367 e. The monoisotopic (exact) mass is 650 g/mol. The van der Waals surface area contributed by atoms with Crippen LogP contribution in [-0.2, 0) is 20.6 Å². The number of nitrogens with zero attached hydrogens (tertiary/aromatic N) is 6. The van der Waals surface area contributed by atoms with Gasteiger partial charge in [-0.1, -0.05) is 24.2 Å². The summed E-state index contributed by atoms with van der Waals surface area (Å²) in [6.45, 7) is 6.19. The molecule has 2 fully saturated rings. The first-order valence-electron chi connectivity index (χ1n) is 14.7. The summed E-state index contributed by atoms with van der Waals surface area (Å²) < 4.78 is 56.3. The van der Waals surface area contributed by atoms with Crippen molar-refractivity contribution < 1.29 is 31.9 Å². The summed E-state index contributed by atoms with van der Waals surface area (Å²) in [6.07, 6.45) is -4.41. The minimum absolute atomic E-state index is 0.0319. The Kier molecular flexibility index (Phi) is 9.14. The van der Waals surface area contributed by atoms with Crippen LogP contribution in [0.1, 0.15) is 24.1 Å². The molecule has 2 aromatic rings. The Morgan fingerprint density at radius 3 is 2.62 bits per heavy atom. The molecule has 1 aromatic heterocycles. The number of likely N-dealkylation sites (N-methyl/N-ethyl adjacent to an activating group) is 2. The maximum atomic E-state index is 15.2. The second-order valence-corrected chi connectivity index (χ2v) is 12.2. The highest BCUT2D eigenvalue weighted by Gasteiger charge is 2.49. The molecule has 14 heteroatoms. The van der Waals surface area contributed by atoms with E-state index in [1.165, 1.54) is 22.8 Å². The van der Waals surface area contributed by atoms with Crippen molar-refractivity contribution in [2.24, 2.45) is 5.92 Å². The van der Waals surface area contributed by atoms with Crippen LogP contribution in [0, 0.1) is 12.8 Å². The van der Waals surface area contributed by atoms with E-state index in [1.807, 2.05) is 9.80 Å². The lowest BCUT2D eigenvalue weighted by Crippen LogP contribution is -2.55. The van der Waals surface area contributed by atoms with Crippen molar-refractivity contribution >= 4 is 46.5 Å². The zero-order chi connectivity index (χ0) is 32.8. The molecule has 5 rings (SSSR count). The predicted molar refractivity (Wildman–Crippen MR) is 163 cm³/mol. The predicted octanol–water partition coefficient (Wildman–Crippen LogP) is 4.32. The fourth-order valence-corrected chi connectivity index (χ4v) is 6.92. The van der Waals surface area contributed by atoms with Crippen molar-refractivity contribution in [2.75, 3.05) is 61.5 Å². The quantitative estimate of drug-likeness (QED) is 0.342. The van der Waals surface area contributed by atoms with E-state index in [9.17, 15) is 27.6 Å². The zero-order valence-corrected chi connectivity index (χ0v) is 26.0. The highest BCUT2D eigenvalue weighted by atomic mass is 35.5. The number of fused-ring (bicyclic) bond motifs is 2. The van der Waals surface area contributed by atoms with Gasteiger partial charge in [0.2, 0.25) is 17.7 Å². The lowest BCUT2D eigenvalue weighted by atomic mass is 9.95. The van der Waals surface area contributed by atoms with Crippen molar-refractivity contribution in [3.05, 3.63) is 59.3 Å². The number of halogens is 5. The van der Waals surface area contributed by atoms with Gasteiger partial charge in [0, 0.05) is 57.3 Å². The molecule has 4 heterocycles. The van der Waals surface area contributed by atoms with E-state index in [2.05, 4.69) is 11.6 Å². The maximum Gasteiger partial charge on any atom is 0.416 e. The van der Waals surface area contributed by atoms with Crippen molar-refractivity contribution in [1.29, 1.82) is 0 Å². The van der Waals surface area contributed by atoms with Gasteiger partial charge in [-0.15, -0.1) is 0 Å². The molecular weight excluding hydrogens is 616 g/mol. The number of carbonyl (C=O) groups is 3. The van der Waals surface area contributed by atoms with Crippen LogP contribution in [-0.4, -0.2) is 97.6 Å². The van der Waals surface area contributed by atoms with Crippen LogP contribution in [0.3, 0.4) is 0 Å². The first-order chi connectivity index (χ1) is 21.2. The lowest BCUT2D eigenvalue weighted by Gasteiger charge is -2.41. The zero-order valence-electron chi connectivity index (χ0n) is 25.2. The number of piperidine rings is 1. The highest BCUT2D eigenvalue weighted by molar-refractivity contribution is 6.34. The number of anilines is 3. The number of likely N-dealkylation sites (tertiary alicyclic amines) is 1. The van der Waals surface area contributed by atoms with Crippen LogP contribution in [0.2, 0.25) is 5.02 Å². The third-order valence-electron chi connectivity index (χ3n) is 8.91. The number of aryl methyl sites for hydroxylation is 1. The fraction of sp³-hybridized carbons (Fsp3) is 0.484. The molecule has 3 aliphatic heterocycles. The van der Waals surface area contributed by atoms with E-state index in [4.69, 9.17) is 11.6 Å². The Morgan fingerprint density at radius 1 is 1.22 bits per heavy atom. The van der Waals surface area contributed by atoms with Gasteiger partial charge < -0.3 is 14.7 Å². The van der Waals surface area contributed by atoms with Crippen molar-refractivity contribution in [3.63, 3.8) is 0 Å². The first-order valence-corrected chi connectivity index (χ1v) is 15.0. The van der Waals surface area contributed by atoms with Gasteiger partial charge in [-0.05, 0) is 50.7 Å². The van der Waals surface area contributed by atoms with Crippen molar-refractivity contribution in [1.82, 2.24) is 14.8 Å². The fourth-order valence-electron chi connectivity index (χ4n) is 6.63. The largest absolute Gasteiger partial charge is 0.416 e. The Hall–Kier alpha value is -3.71. The molecule has 3 amide bonds. The Bertz CT molecular complexity index is 1510.